The van der Waals surface area contributed by atoms with Crippen LogP contribution in [0.25, 0.3) is 0 Å². The van der Waals surface area contributed by atoms with E-state index in [1.807, 2.05) is 19.2 Å². The first-order chi connectivity index (χ1) is 6.88. The largest absolute Gasteiger partial charge is 0.398 e. The van der Waals surface area contributed by atoms with Crippen LogP contribution in [0.3, 0.4) is 0 Å². The average molecular weight is 207 g/mol. The molecule has 0 unspecified atom stereocenters. The highest BCUT2D eigenvalue weighted by molar-refractivity contribution is 5.55. The molecule has 0 fully saturated rings. The third-order valence-electron chi connectivity index (χ3n) is 3.25. The normalized spacial score (nSPS) is 11.5. The quantitative estimate of drug-likeness (QED) is 0.828. The topological polar surface area (TPSA) is 42.1 Å². The van der Waals surface area contributed by atoms with E-state index in [0.29, 0.717) is 0 Å². The van der Waals surface area contributed by atoms with E-state index in [-0.39, 0.29) is 5.54 Å². The van der Waals surface area contributed by atoms with Crippen LogP contribution in [-0.2, 0) is 0 Å². The lowest BCUT2D eigenvalue weighted by Gasteiger charge is -2.36. The van der Waals surface area contributed by atoms with Gasteiger partial charge in [-0.25, -0.2) is 4.98 Å². The van der Waals surface area contributed by atoms with Crippen molar-refractivity contribution in [2.75, 3.05) is 17.7 Å². The van der Waals surface area contributed by atoms with Gasteiger partial charge in [0.2, 0.25) is 0 Å². The zero-order valence-electron chi connectivity index (χ0n) is 10.3. The van der Waals surface area contributed by atoms with Crippen LogP contribution in [0, 0.1) is 6.92 Å². The van der Waals surface area contributed by atoms with Gasteiger partial charge < -0.3 is 10.6 Å². The van der Waals surface area contributed by atoms with Crippen LogP contribution >= 0.6 is 0 Å². The number of hydrogen-bond donors (Lipinski definition) is 1. The number of aryl methyl sites for hydroxylation is 1. The second-order valence-corrected chi connectivity index (χ2v) is 4.62. The molecule has 0 aliphatic heterocycles. The van der Waals surface area contributed by atoms with E-state index in [4.69, 9.17) is 5.73 Å². The molecule has 84 valence electrons. The second-order valence-electron chi connectivity index (χ2n) is 4.62. The van der Waals surface area contributed by atoms with Crippen molar-refractivity contribution < 1.29 is 0 Å². The van der Waals surface area contributed by atoms with Crippen molar-refractivity contribution in [1.29, 1.82) is 0 Å². The molecule has 0 atom stereocenters. The van der Waals surface area contributed by atoms with Gasteiger partial charge in [-0.3, -0.25) is 0 Å². The zero-order valence-corrected chi connectivity index (χ0v) is 10.3. The summed E-state index contributed by atoms with van der Waals surface area (Å²) in [7, 11) is 2.06. The number of nitrogens with two attached hydrogens (primary N) is 1. The smallest absolute Gasteiger partial charge is 0.130 e. The van der Waals surface area contributed by atoms with E-state index in [9.17, 15) is 0 Å². The summed E-state index contributed by atoms with van der Waals surface area (Å²) in [6, 6.07) is 1.94. The molecule has 1 aromatic heterocycles. The Hall–Kier alpha value is -1.25. The Balaban J connectivity index is 3.02. The molecule has 3 nitrogen and oxygen atoms in total. The maximum absolute atomic E-state index is 5.88. The van der Waals surface area contributed by atoms with E-state index >= 15 is 0 Å². The molecule has 0 amide bonds. The van der Waals surface area contributed by atoms with Crippen LogP contribution < -0.4 is 10.6 Å². The summed E-state index contributed by atoms with van der Waals surface area (Å²) < 4.78 is 0. The molecule has 0 spiro atoms. The summed E-state index contributed by atoms with van der Waals surface area (Å²) in [4.78, 5) is 6.57. The Kier molecular flexibility index (Phi) is 3.22. The standard InChI is InChI=1S/C12H21N3/c1-6-12(3,4)15(5)11-7-10(13)9(2)8-14-11/h7-8H,6H2,1-5H3,(H2,13,14). The van der Waals surface area contributed by atoms with Crippen molar-refractivity contribution in [2.24, 2.45) is 0 Å². The second kappa shape index (κ2) is 4.09. The SMILES string of the molecule is CCC(C)(C)N(C)c1cc(N)c(C)cn1. The van der Waals surface area contributed by atoms with Crippen molar-refractivity contribution in [2.45, 2.75) is 39.7 Å². The van der Waals surface area contributed by atoms with Crippen molar-refractivity contribution >= 4 is 11.5 Å². The lowest BCUT2D eigenvalue weighted by atomic mass is 10.00. The van der Waals surface area contributed by atoms with Crippen LogP contribution in [-0.4, -0.2) is 17.6 Å². The molecule has 0 aromatic carbocycles. The molecule has 1 heterocycles. The van der Waals surface area contributed by atoms with Crippen molar-refractivity contribution in [3.63, 3.8) is 0 Å². The summed E-state index contributed by atoms with van der Waals surface area (Å²) >= 11 is 0. The molecule has 0 aliphatic carbocycles. The van der Waals surface area contributed by atoms with Gasteiger partial charge in [0.25, 0.3) is 0 Å². The van der Waals surface area contributed by atoms with Gasteiger partial charge in [-0.2, -0.15) is 0 Å². The fraction of sp³-hybridized carbons (Fsp3) is 0.583. The van der Waals surface area contributed by atoms with E-state index in [1.54, 1.807) is 0 Å². The Labute approximate surface area is 92.3 Å². The van der Waals surface area contributed by atoms with E-state index < -0.39 is 0 Å². The van der Waals surface area contributed by atoms with Gasteiger partial charge in [0, 0.05) is 30.5 Å². The minimum Gasteiger partial charge on any atom is -0.398 e. The molecular formula is C12H21N3. The summed E-state index contributed by atoms with van der Waals surface area (Å²) in [5, 5.41) is 0. The van der Waals surface area contributed by atoms with Gasteiger partial charge in [0.05, 0.1) is 0 Å². The molecule has 2 N–H and O–H groups in total. The number of anilines is 2. The Morgan fingerprint density at radius 1 is 1.47 bits per heavy atom. The molecule has 0 saturated carbocycles. The monoisotopic (exact) mass is 207 g/mol. The molecular weight excluding hydrogens is 186 g/mol. The summed E-state index contributed by atoms with van der Waals surface area (Å²) in [5.74, 6) is 0.935. The highest BCUT2D eigenvalue weighted by Gasteiger charge is 2.22. The first kappa shape index (κ1) is 11.8. The zero-order chi connectivity index (χ0) is 11.6. The maximum atomic E-state index is 5.88. The van der Waals surface area contributed by atoms with Crippen molar-refractivity contribution in [3.8, 4) is 0 Å². The lowest BCUT2D eigenvalue weighted by Crippen LogP contribution is -2.41. The number of rotatable bonds is 3. The van der Waals surface area contributed by atoms with Crippen LogP contribution in [0.2, 0.25) is 0 Å². The molecule has 1 aromatic rings. The first-order valence-corrected chi connectivity index (χ1v) is 5.34. The molecule has 0 bridgehead atoms. The lowest BCUT2D eigenvalue weighted by molar-refractivity contribution is 0.467. The fourth-order valence-corrected chi connectivity index (χ4v) is 1.26. The Bertz CT molecular complexity index is 345. The van der Waals surface area contributed by atoms with Gasteiger partial charge in [0.1, 0.15) is 5.82 Å². The van der Waals surface area contributed by atoms with Gasteiger partial charge in [-0.1, -0.05) is 6.92 Å². The van der Waals surface area contributed by atoms with E-state index in [1.165, 1.54) is 0 Å². The minimum absolute atomic E-state index is 0.106. The van der Waals surface area contributed by atoms with Gasteiger partial charge in [0.15, 0.2) is 0 Å². The fourth-order valence-electron chi connectivity index (χ4n) is 1.26. The van der Waals surface area contributed by atoms with Crippen LogP contribution in [0.1, 0.15) is 32.8 Å². The third kappa shape index (κ3) is 2.41. The van der Waals surface area contributed by atoms with Crippen LogP contribution in [0.15, 0.2) is 12.3 Å². The van der Waals surface area contributed by atoms with Crippen LogP contribution in [0.5, 0.6) is 0 Å². The molecule has 15 heavy (non-hydrogen) atoms. The number of pyridine rings is 1. The maximum Gasteiger partial charge on any atom is 0.130 e. The third-order valence-corrected chi connectivity index (χ3v) is 3.25. The van der Waals surface area contributed by atoms with Crippen LogP contribution in [0.4, 0.5) is 11.5 Å². The molecule has 1 rings (SSSR count). The van der Waals surface area contributed by atoms with Gasteiger partial charge >= 0.3 is 0 Å². The molecule has 0 radical (unpaired) electrons. The Morgan fingerprint density at radius 3 is 2.53 bits per heavy atom. The molecule has 0 aliphatic rings. The Morgan fingerprint density at radius 2 is 2.07 bits per heavy atom. The predicted octanol–water partition coefficient (Wildman–Crippen LogP) is 2.60. The van der Waals surface area contributed by atoms with E-state index in [2.05, 4.69) is 37.7 Å². The average Bonchev–Trinajstić information content (AvgIpc) is 2.21. The van der Waals surface area contributed by atoms with Gasteiger partial charge in [-0.05, 0) is 32.8 Å². The highest BCUT2D eigenvalue weighted by atomic mass is 15.2. The van der Waals surface area contributed by atoms with E-state index in [0.717, 1.165) is 23.5 Å². The summed E-state index contributed by atoms with van der Waals surface area (Å²) in [5.41, 5.74) is 7.82. The predicted molar refractivity (Wildman–Crippen MR) is 66.2 cm³/mol. The summed E-state index contributed by atoms with van der Waals surface area (Å²) in [6.07, 6.45) is 2.89. The van der Waals surface area contributed by atoms with Crippen molar-refractivity contribution in [3.05, 3.63) is 17.8 Å². The molecule has 0 saturated heterocycles. The van der Waals surface area contributed by atoms with Gasteiger partial charge in [-0.15, -0.1) is 0 Å². The highest BCUT2D eigenvalue weighted by Crippen LogP contribution is 2.25. The number of aromatic nitrogens is 1. The minimum atomic E-state index is 0.106. The molecule has 3 heteroatoms. The number of nitrogens with zero attached hydrogens (tertiary/aromatic N) is 2. The first-order valence-electron chi connectivity index (χ1n) is 5.34. The number of nitrogen functional groups attached to an aromatic ring is 1. The number of hydrogen-bond acceptors (Lipinski definition) is 3. The summed E-state index contributed by atoms with van der Waals surface area (Å²) in [6.45, 7) is 8.54. The van der Waals surface area contributed by atoms with Crippen molar-refractivity contribution in [1.82, 2.24) is 4.98 Å².